The number of benzene rings is 1. The highest BCUT2D eigenvalue weighted by molar-refractivity contribution is 6.37. The molecule has 23 heavy (non-hydrogen) atoms. The zero-order chi connectivity index (χ0) is 16.8. The Morgan fingerprint density at radius 2 is 1.91 bits per heavy atom. The molecule has 1 aliphatic rings. The number of nitrogens with one attached hydrogen (secondary N) is 1. The van der Waals surface area contributed by atoms with E-state index in [1.807, 2.05) is 0 Å². The lowest BCUT2D eigenvalue weighted by molar-refractivity contribution is -0.140. The highest BCUT2D eigenvalue weighted by atomic mass is 35.5. The zero-order valence-corrected chi connectivity index (χ0v) is 13.5. The summed E-state index contributed by atoms with van der Waals surface area (Å²) in [4.78, 5) is 27.4. The largest absolute Gasteiger partial charge is 0.480 e. The number of carbonyl (C=O) groups excluding carboxylic acids is 1. The van der Waals surface area contributed by atoms with E-state index < -0.39 is 17.4 Å². The van der Waals surface area contributed by atoms with Crippen molar-refractivity contribution < 1.29 is 14.7 Å². The fourth-order valence-corrected chi connectivity index (χ4v) is 2.74. The van der Waals surface area contributed by atoms with E-state index in [0.29, 0.717) is 34.4 Å². The molecule has 1 aromatic carbocycles. The number of hydrogen-bond acceptors (Lipinski definition) is 4. The molecule has 0 bridgehead atoms. The maximum atomic E-state index is 12.2. The SMILES string of the molecule is Cc1nc(C(=O)NC2(C(=O)O)CC2)nn1-c1c(Cl)cccc1Cl. The van der Waals surface area contributed by atoms with Gasteiger partial charge in [-0.15, -0.1) is 5.10 Å². The van der Waals surface area contributed by atoms with E-state index in [0.717, 1.165) is 0 Å². The summed E-state index contributed by atoms with van der Waals surface area (Å²) in [5, 5.41) is 16.4. The quantitative estimate of drug-likeness (QED) is 0.877. The summed E-state index contributed by atoms with van der Waals surface area (Å²) in [5.74, 6) is -1.43. The van der Waals surface area contributed by atoms with Crippen molar-refractivity contribution in [3.05, 3.63) is 39.9 Å². The number of carbonyl (C=O) groups is 2. The van der Waals surface area contributed by atoms with Crippen LogP contribution in [0.3, 0.4) is 0 Å². The second kappa shape index (κ2) is 5.50. The van der Waals surface area contributed by atoms with E-state index in [1.165, 1.54) is 4.68 Å². The number of carboxylic acid groups (broad SMARTS) is 1. The monoisotopic (exact) mass is 354 g/mol. The van der Waals surface area contributed by atoms with Gasteiger partial charge in [0.05, 0.1) is 10.0 Å². The van der Waals surface area contributed by atoms with Gasteiger partial charge in [0.1, 0.15) is 17.1 Å². The minimum absolute atomic E-state index is 0.133. The van der Waals surface area contributed by atoms with Crippen molar-refractivity contribution in [2.24, 2.45) is 0 Å². The number of carboxylic acids is 1. The van der Waals surface area contributed by atoms with E-state index in [4.69, 9.17) is 28.3 Å². The molecule has 7 nitrogen and oxygen atoms in total. The summed E-state index contributed by atoms with van der Waals surface area (Å²) in [6.07, 6.45) is 0.786. The van der Waals surface area contributed by atoms with Crippen LogP contribution in [0.4, 0.5) is 0 Å². The van der Waals surface area contributed by atoms with Crippen LogP contribution in [-0.4, -0.2) is 37.3 Å². The molecule has 9 heteroatoms. The lowest BCUT2D eigenvalue weighted by Crippen LogP contribution is -2.43. The van der Waals surface area contributed by atoms with Crippen LogP contribution in [0.15, 0.2) is 18.2 Å². The van der Waals surface area contributed by atoms with Gasteiger partial charge in [-0.05, 0) is 31.9 Å². The molecule has 0 atom stereocenters. The molecule has 1 amide bonds. The molecule has 2 aromatic rings. The molecule has 1 fully saturated rings. The van der Waals surface area contributed by atoms with Crippen molar-refractivity contribution in [1.29, 1.82) is 0 Å². The zero-order valence-electron chi connectivity index (χ0n) is 12.0. The first-order valence-corrected chi connectivity index (χ1v) is 7.53. The first kappa shape index (κ1) is 15.8. The number of para-hydroxylation sites is 1. The molecule has 0 aliphatic heterocycles. The molecule has 0 saturated heterocycles. The average Bonchev–Trinajstić information content (AvgIpc) is 3.16. The lowest BCUT2D eigenvalue weighted by atomic mass is 10.3. The molecule has 0 radical (unpaired) electrons. The van der Waals surface area contributed by atoms with Crippen LogP contribution in [0.5, 0.6) is 0 Å². The van der Waals surface area contributed by atoms with Gasteiger partial charge >= 0.3 is 5.97 Å². The van der Waals surface area contributed by atoms with Crippen LogP contribution in [0.1, 0.15) is 29.3 Å². The molecular formula is C14H12Cl2N4O3. The van der Waals surface area contributed by atoms with E-state index >= 15 is 0 Å². The molecule has 1 aliphatic carbocycles. The fraction of sp³-hybridized carbons (Fsp3) is 0.286. The Bertz CT molecular complexity index is 794. The van der Waals surface area contributed by atoms with Crippen LogP contribution in [0.25, 0.3) is 5.69 Å². The number of aliphatic carboxylic acids is 1. The number of aromatic nitrogens is 3. The van der Waals surface area contributed by atoms with Crippen molar-refractivity contribution in [2.45, 2.75) is 25.3 Å². The molecule has 0 spiro atoms. The Balaban J connectivity index is 1.93. The first-order chi connectivity index (χ1) is 10.8. The predicted octanol–water partition coefficient (Wildman–Crippen LogP) is 2.23. The van der Waals surface area contributed by atoms with Crippen LogP contribution in [-0.2, 0) is 4.79 Å². The molecule has 1 aromatic heterocycles. The summed E-state index contributed by atoms with van der Waals surface area (Å²) in [5.41, 5.74) is -0.780. The molecule has 1 heterocycles. The third-order valence-electron chi connectivity index (χ3n) is 3.63. The van der Waals surface area contributed by atoms with Gasteiger partial charge in [0.25, 0.3) is 5.91 Å². The maximum Gasteiger partial charge on any atom is 0.329 e. The topological polar surface area (TPSA) is 97.1 Å². The van der Waals surface area contributed by atoms with Gasteiger partial charge in [0, 0.05) is 0 Å². The summed E-state index contributed by atoms with van der Waals surface area (Å²) >= 11 is 12.3. The Morgan fingerprint density at radius 1 is 1.30 bits per heavy atom. The highest BCUT2D eigenvalue weighted by Gasteiger charge is 2.52. The van der Waals surface area contributed by atoms with Crippen LogP contribution in [0.2, 0.25) is 10.0 Å². The summed E-state index contributed by atoms with van der Waals surface area (Å²) in [6, 6.07) is 4.98. The van der Waals surface area contributed by atoms with Gasteiger partial charge in [-0.25, -0.2) is 14.5 Å². The molecule has 1 saturated carbocycles. The number of aryl methyl sites for hydroxylation is 1. The Hall–Kier alpha value is -2.12. The minimum Gasteiger partial charge on any atom is -0.480 e. The Morgan fingerprint density at radius 3 is 2.43 bits per heavy atom. The van der Waals surface area contributed by atoms with Gasteiger partial charge in [0.15, 0.2) is 0 Å². The van der Waals surface area contributed by atoms with Crippen LogP contribution in [0, 0.1) is 6.92 Å². The van der Waals surface area contributed by atoms with Gasteiger partial charge in [-0.2, -0.15) is 0 Å². The molecule has 0 unspecified atom stereocenters. The van der Waals surface area contributed by atoms with Crippen molar-refractivity contribution in [3.63, 3.8) is 0 Å². The molecule has 3 rings (SSSR count). The van der Waals surface area contributed by atoms with E-state index in [-0.39, 0.29) is 5.82 Å². The molecular weight excluding hydrogens is 343 g/mol. The second-order valence-corrected chi connectivity index (χ2v) is 6.12. The third kappa shape index (κ3) is 2.77. The van der Waals surface area contributed by atoms with Crippen molar-refractivity contribution in [3.8, 4) is 5.69 Å². The van der Waals surface area contributed by atoms with Crippen LogP contribution >= 0.6 is 23.2 Å². The molecule has 120 valence electrons. The Labute approximate surface area is 141 Å². The third-order valence-corrected chi connectivity index (χ3v) is 4.24. The number of hydrogen-bond donors (Lipinski definition) is 2. The number of rotatable bonds is 4. The number of nitrogens with zero attached hydrogens (tertiary/aromatic N) is 3. The highest BCUT2D eigenvalue weighted by Crippen LogP contribution is 2.35. The van der Waals surface area contributed by atoms with Crippen molar-refractivity contribution in [1.82, 2.24) is 20.1 Å². The van der Waals surface area contributed by atoms with E-state index in [1.54, 1.807) is 25.1 Å². The normalized spacial score (nSPS) is 15.3. The van der Waals surface area contributed by atoms with Crippen LogP contribution < -0.4 is 5.32 Å². The smallest absolute Gasteiger partial charge is 0.329 e. The fourth-order valence-electron chi connectivity index (χ4n) is 2.18. The van der Waals surface area contributed by atoms with Gasteiger partial charge in [-0.1, -0.05) is 29.3 Å². The summed E-state index contributed by atoms with van der Waals surface area (Å²) in [6.45, 7) is 1.65. The first-order valence-electron chi connectivity index (χ1n) is 6.78. The van der Waals surface area contributed by atoms with Gasteiger partial charge < -0.3 is 10.4 Å². The number of halogens is 2. The van der Waals surface area contributed by atoms with Crippen molar-refractivity contribution in [2.75, 3.05) is 0 Å². The maximum absolute atomic E-state index is 12.2. The minimum atomic E-state index is -1.20. The number of amides is 1. The summed E-state index contributed by atoms with van der Waals surface area (Å²) in [7, 11) is 0. The lowest BCUT2D eigenvalue weighted by Gasteiger charge is -2.10. The predicted molar refractivity (Wildman–Crippen MR) is 83.2 cm³/mol. The summed E-state index contributed by atoms with van der Waals surface area (Å²) < 4.78 is 1.36. The van der Waals surface area contributed by atoms with Gasteiger partial charge in [0.2, 0.25) is 5.82 Å². The second-order valence-electron chi connectivity index (χ2n) is 5.31. The average molecular weight is 355 g/mol. The van der Waals surface area contributed by atoms with Crippen molar-refractivity contribution >= 4 is 35.1 Å². The standard InChI is InChI=1S/C14H12Cl2N4O3/c1-7-17-11(12(21)18-14(5-6-14)13(22)23)19-20(7)10-8(15)3-2-4-9(10)16/h2-4H,5-6H2,1H3,(H,18,21)(H,22,23). The van der Waals surface area contributed by atoms with Gasteiger partial charge in [-0.3, -0.25) is 4.79 Å². The molecule has 2 N–H and O–H groups in total. The Kier molecular flexibility index (Phi) is 3.77. The van der Waals surface area contributed by atoms with E-state index in [2.05, 4.69) is 15.4 Å². The van der Waals surface area contributed by atoms with E-state index in [9.17, 15) is 9.59 Å².